The van der Waals surface area contributed by atoms with Gasteiger partial charge in [-0.3, -0.25) is 0 Å². The highest BCUT2D eigenvalue weighted by Gasteiger charge is 2.14. The molecule has 2 aromatic heterocycles. The summed E-state index contributed by atoms with van der Waals surface area (Å²) in [4.78, 5) is 0. The molecule has 1 atom stereocenters. The number of nitrogens with one attached hydrogen (secondary N) is 1. The Morgan fingerprint density at radius 1 is 1.47 bits per heavy atom. The van der Waals surface area contributed by atoms with Crippen LogP contribution in [-0.2, 0) is 6.42 Å². The van der Waals surface area contributed by atoms with Crippen LogP contribution < -0.4 is 5.32 Å². The summed E-state index contributed by atoms with van der Waals surface area (Å²) in [5.74, 6) is 1.03. The number of aryl methyl sites for hydroxylation is 1. The predicted octanol–water partition coefficient (Wildman–Crippen LogP) is 3.15. The van der Waals surface area contributed by atoms with Crippen molar-refractivity contribution >= 4 is 11.3 Å². The van der Waals surface area contributed by atoms with Gasteiger partial charge in [0.05, 0.1) is 6.26 Å². The Hall–Kier alpha value is -1.06. The van der Waals surface area contributed by atoms with Gasteiger partial charge >= 0.3 is 0 Å². The molecule has 2 nitrogen and oxygen atoms in total. The number of furan rings is 1. The quantitative estimate of drug-likeness (QED) is 0.858. The van der Waals surface area contributed by atoms with Gasteiger partial charge in [-0.1, -0.05) is 0 Å². The molecule has 0 radical (unpaired) electrons. The average molecular weight is 221 g/mol. The fourth-order valence-corrected chi connectivity index (χ4v) is 2.63. The van der Waals surface area contributed by atoms with E-state index in [0.717, 1.165) is 12.2 Å². The molecule has 0 aromatic carbocycles. The van der Waals surface area contributed by atoms with E-state index in [4.69, 9.17) is 4.42 Å². The van der Waals surface area contributed by atoms with Gasteiger partial charge in [0.2, 0.25) is 0 Å². The van der Waals surface area contributed by atoms with Gasteiger partial charge in [-0.15, -0.1) is 0 Å². The fourth-order valence-electron chi connectivity index (χ4n) is 1.72. The normalized spacial score (nSPS) is 12.9. The maximum atomic E-state index is 5.37. The zero-order chi connectivity index (χ0) is 10.7. The van der Waals surface area contributed by atoms with Crippen molar-refractivity contribution in [2.24, 2.45) is 0 Å². The summed E-state index contributed by atoms with van der Waals surface area (Å²) in [5, 5.41) is 7.72. The van der Waals surface area contributed by atoms with Crippen LogP contribution in [0.5, 0.6) is 0 Å². The molecule has 15 heavy (non-hydrogen) atoms. The van der Waals surface area contributed by atoms with Crippen molar-refractivity contribution in [3.63, 3.8) is 0 Å². The summed E-state index contributed by atoms with van der Waals surface area (Å²) in [6.07, 6.45) is 2.63. The molecule has 0 aliphatic carbocycles. The number of likely N-dealkylation sites (N-methyl/N-ethyl adjacent to an activating group) is 1. The number of thiophene rings is 1. The van der Waals surface area contributed by atoms with E-state index >= 15 is 0 Å². The van der Waals surface area contributed by atoms with Crippen LogP contribution >= 0.6 is 11.3 Å². The molecule has 2 heterocycles. The van der Waals surface area contributed by atoms with Gasteiger partial charge in [0.25, 0.3) is 0 Å². The highest BCUT2D eigenvalue weighted by atomic mass is 32.1. The molecule has 1 N–H and O–H groups in total. The summed E-state index contributed by atoms with van der Waals surface area (Å²) in [6, 6.07) is 4.30. The Balaban J connectivity index is 2.15. The third-order valence-electron chi connectivity index (χ3n) is 2.60. The standard InChI is InChI=1S/C12H15NOS/c1-9-7-15-8-11(9)12(13-2)6-10-4-3-5-14-10/h3-5,7-8,12-13H,6H2,1-2H3. The number of hydrogen-bond acceptors (Lipinski definition) is 3. The lowest BCUT2D eigenvalue weighted by Gasteiger charge is -2.14. The molecule has 0 amide bonds. The van der Waals surface area contributed by atoms with E-state index in [9.17, 15) is 0 Å². The third kappa shape index (κ3) is 2.30. The van der Waals surface area contributed by atoms with Gasteiger partial charge in [-0.2, -0.15) is 11.3 Å². The Kier molecular flexibility index (Phi) is 3.23. The van der Waals surface area contributed by atoms with Crippen LogP contribution in [-0.4, -0.2) is 7.05 Å². The van der Waals surface area contributed by atoms with Gasteiger partial charge in [0.1, 0.15) is 5.76 Å². The molecule has 0 saturated heterocycles. The summed E-state index contributed by atoms with van der Waals surface area (Å²) < 4.78 is 5.37. The Morgan fingerprint density at radius 3 is 2.87 bits per heavy atom. The number of rotatable bonds is 4. The third-order valence-corrected chi connectivity index (χ3v) is 3.48. The van der Waals surface area contributed by atoms with Crippen molar-refractivity contribution in [2.75, 3.05) is 7.05 Å². The Morgan fingerprint density at radius 2 is 2.33 bits per heavy atom. The van der Waals surface area contributed by atoms with E-state index in [2.05, 4.69) is 23.0 Å². The van der Waals surface area contributed by atoms with E-state index in [1.807, 2.05) is 19.2 Å². The average Bonchev–Trinajstić information content (AvgIpc) is 2.85. The van der Waals surface area contributed by atoms with Crippen LogP contribution in [0.25, 0.3) is 0 Å². The van der Waals surface area contributed by atoms with E-state index in [1.54, 1.807) is 17.6 Å². The summed E-state index contributed by atoms with van der Waals surface area (Å²) >= 11 is 1.75. The largest absolute Gasteiger partial charge is 0.469 e. The van der Waals surface area contributed by atoms with Gasteiger partial charge in [-0.05, 0) is 48.0 Å². The number of hydrogen-bond donors (Lipinski definition) is 1. The molecule has 0 aliphatic heterocycles. The maximum absolute atomic E-state index is 5.37. The smallest absolute Gasteiger partial charge is 0.105 e. The molecule has 0 fully saturated rings. The highest BCUT2D eigenvalue weighted by molar-refractivity contribution is 7.08. The van der Waals surface area contributed by atoms with Crippen LogP contribution in [0, 0.1) is 6.92 Å². The van der Waals surface area contributed by atoms with E-state index in [1.165, 1.54) is 11.1 Å². The summed E-state index contributed by atoms with van der Waals surface area (Å²) in [7, 11) is 1.99. The first kappa shape index (κ1) is 10.5. The highest BCUT2D eigenvalue weighted by Crippen LogP contribution is 2.24. The molecule has 0 saturated carbocycles. The lowest BCUT2D eigenvalue weighted by Crippen LogP contribution is -2.18. The molecular weight excluding hydrogens is 206 g/mol. The molecule has 2 aromatic rings. The van der Waals surface area contributed by atoms with Crippen molar-refractivity contribution in [2.45, 2.75) is 19.4 Å². The topological polar surface area (TPSA) is 25.2 Å². The minimum absolute atomic E-state index is 0.349. The molecule has 1 unspecified atom stereocenters. The summed E-state index contributed by atoms with van der Waals surface area (Å²) in [6.45, 7) is 2.15. The second-order valence-electron chi connectivity index (χ2n) is 3.63. The first-order valence-corrected chi connectivity index (χ1v) is 5.98. The monoisotopic (exact) mass is 221 g/mol. The molecule has 0 aliphatic rings. The lowest BCUT2D eigenvalue weighted by atomic mass is 10.0. The molecule has 0 bridgehead atoms. The van der Waals surface area contributed by atoms with Gasteiger partial charge in [0.15, 0.2) is 0 Å². The molecule has 2 rings (SSSR count). The van der Waals surface area contributed by atoms with E-state index < -0.39 is 0 Å². The van der Waals surface area contributed by atoms with Gasteiger partial charge in [-0.25, -0.2) is 0 Å². The van der Waals surface area contributed by atoms with Crippen LogP contribution in [0.3, 0.4) is 0 Å². The Bertz CT molecular complexity index is 405. The molecule has 3 heteroatoms. The molecule has 80 valence electrons. The zero-order valence-corrected chi connectivity index (χ0v) is 9.80. The zero-order valence-electron chi connectivity index (χ0n) is 8.99. The van der Waals surface area contributed by atoms with Gasteiger partial charge < -0.3 is 9.73 Å². The predicted molar refractivity (Wildman–Crippen MR) is 63.3 cm³/mol. The van der Waals surface area contributed by atoms with Crippen LogP contribution in [0.15, 0.2) is 33.6 Å². The van der Waals surface area contributed by atoms with Crippen LogP contribution in [0.4, 0.5) is 0 Å². The minimum atomic E-state index is 0.349. The van der Waals surface area contributed by atoms with E-state index in [-0.39, 0.29) is 0 Å². The summed E-state index contributed by atoms with van der Waals surface area (Å²) in [5.41, 5.74) is 2.73. The molecular formula is C12H15NOS. The van der Waals surface area contributed by atoms with Crippen molar-refractivity contribution in [1.82, 2.24) is 5.32 Å². The second kappa shape index (κ2) is 4.64. The van der Waals surface area contributed by atoms with Gasteiger partial charge in [0, 0.05) is 12.5 Å². The fraction of sp³-hybridized carbons (Fsp3) is 0.333. The first-order chi connectivity index (χ1) is 7.31. The molecule has 0 spiro atoms. The van der Waals surface area contributed by atoms with E-state index in [0.29, 0.717) is 6.04 Å². The second-order valence-corrected chi connectivity index (χ2v) is 4.38. The van der Waals surface area contributed by atoms with Crippen molar-refractivity contribution in [3.05, 3.63) is 46.0 Å². The van der Waals surface area contributed by atoms with Crippen LogP contribution in [0.2, 0.25) is 0 Å². The van der Waals surface area contributed by atoms with Crippen LogP contribution in [0.1, 0.15) is 22.9 Å². The Labute approximate surface area is 93.9 Å². The van der Waals surface area contributed by atoms with Crippen molar-refractivity contribution in [1.29, 1.82) is 0 Å². The minimum Gasteiger partial charge on any atom is -0.469 e. The van der Waals surface area contributed by atoms with Crippen molar-refractivity contribution < 1.29 is 4.42 Å². The maximum Gasteiger partial charge on any atom is 0.105 e. The lowest BCUT2D eigenvalue weighted by molar-refractivity contribution is 0.466. The van der Waals surface area contributed by atoms with Crippen molar-refractivity contribution in [3.8, 4) is 0 Å². The first-order valence-electron chi connectivity index (χ1n) is 5.03. The SMILES string of the molecule is CNC(Cc1ccco1)c1cscc1C.